The topological polar surface area (TPSA) is 77.0 Å². The van der Waals surface area contributed by atoms with Gasteiger partial charge in [0.1, 0.15) is 5.75 Å². The molecule has 0 heterocycles. The molecule has 0 unspecified atom stereocenters. The molecule has 7 heteroatoms. The molecule has 0 radical (unpaired) electrons. The number of carbonyl (C=O) groups excluding carboxylic acids is 1. The summed E-state index contributed by atoms with van der Waals surface area (Å²) in [5, 5.41) is 12.5. The minimum atomic E-state index is -2.66. The van der Waals surface area contributed by atoms with E-state index in [4.69, 9.17) is 13.3 Å². The van der Waals surface area contributed by atoms with E-state index in [9.17, 15) is 9.90 Å². The van der Waals surface area contributed by atoms with Gasteiger partial charge < -0.3 is 23.7 Å². The van der Waals surface area contributed by atoms with Crippen molar-refractivity contribution in [2.75, 3.05) is 26.4 Å². The summed E-state index contributed by atoms with van der Waals surface area (Å²) in [6.45, 7) is 7.83. The summed E-state index contributed by atoms with van der Waals surface area (Å²) in [6, 6.07) is 7.12. The van der Waals surface area contributed by atoms with Crippen molar-refractivity contribution in [1.29, 1.82) is 0 Å². The van der Waals surface area contributed by atoms with E-state index in [2.05, 4.69) is 5.32 Å². The molecule has 23 heavy (non-hydrogen) atoms. The molecule has 1 rings (SSSR count). The average Bonchev–Trinajstić information content (AvgIpc) is 2.52. The number of phenolic OH excluding ortho intramolecular Hbond substituents is 1. The van der Waals surface area contributed by atoms with Gasteiger partial charge in [-0.2, -0.15) is 0 Å². The lowest BCUT2D eigenvalue weighted by Gasteiger charge is -2.28. The van der Waals surface area contributed by atoms with E-state index >= 15 is 0 Å². The van der Waals surface area contributed by atoms with Gasteiger partial charge in [0.2, 0.25) is 0 Å². The lowest BCUT2D eigenvalue weighted by atomic mass is 10.2. The van der Waals surface area contributed by atoms with Crippen molar-refractivity contribution in [2.45, 2.75) is 33.2 Å². The monoisotopic (exact) mass is 341 g/mol. The predicted molar refractivity (Wildman–Crippen MR) is 90.5 cm³/mol. The molecule has 0 bridgehead atoms. The molecule has 0 fully saturated rings. The van der Waals surface area contributed by atoms with Gasteiger partial charge in [-0.3, -0.25) is 4.79 Å². The Hall–Kier alpha value is -1.41. The third-order valence-corrected chi connectivity index (χ3v) is 6.34. The van der Waals surface area contributed by atoms with Gasteiger partial charge >= 0.3 is 8.80 Å². The van der Waals surface area contributed by atoms with Crippen LogP contribution in [0.2, 0.25) is 6.04 Å². The Bertz CT molecular complexity index is 466. The molecule has 0 spiro atoms. The number of nitrogens with one attached hydrogen (secondary N) is 1. The van der Waals surface area contributed by atoms with Gasteiger partial charge in [-0.1, -0.05) is 12.1 Å². The van der Waals surface area contributed by atoms with Crippen LogP contribution in [0.3, 0.4) is 0 Å². The lowest BCUT2D eigenvalue weighted by Crippen LogP contribution is -2.46. The van der Waals surface area contributed by atoms with Crippen LogP contribution < -0.4 is 5.32 Å². The number of amides is 1. The molecule has 0 aliphatic rings. The fourth-order valence-electron chi connectivity index (χ4n) is 2.27. The quantitative estimate of drug-likeness (QED) is 0.478. The molecule has 0 atom stereocenters. The van der Waals surface area contributed by atoms with Crippen molar-refractivity contribution < 1.29 is 23.2 Å². The van der Waals surface area contributed by atoms with E-state index in [0.717, 1.165) is 0 Å². The predicted octanol–water partition coefficient (Wildman–Crippen LogP) is 2.56. The zero-order valence-electron chi connectivity index (χ0n) is 14.1. The fraction of sp³-hybridized carbons (Fsp3) is 0.562. The second kappa shape index (κ2) is 10.4. The van der Waals surface area contributed by atoms with Crippen LogP contribution in [0.4, 0.5) is 0 Å². The van der Waals surface area contributed by atoms with Crippen LogP contribution in [0, 0.1) is 0 Å². The van der Waals surface area contributed by atoms with Gasteiger partial charge in [0.25, 0.3) is 5.91 Å². The average molecular weight is 341 g/mol. The number of phenols is 1. The Kier molecular flexibility index (Phi) is 8.86. The lowest BCUT2D eigenvalue weighted by molar-refractivity contribution is 0.0704. The third-order valence-electron chi connectivity index (χ3n) is 3.19. The molecule has 1 aromatic rings. The van der Waals surface area contributed by atoms with Gasteiger partial charge in [0, 0.05) is 32.4 Å². The molecule has 0 aromatic heterocycles. The Morgan fingerprint density at radius 3 is 2.17 bits per heavy atom. The minimum Gasteiger partial charge on any atom is -0.507 e. The molecule has 0 aliphatic heterocycles. The van der Waals surface area contributed by atoms with Crippen molar-refractivity contribution in [1.82, 2.24) is 5.32 Å². The number of rotatable bonds is 11. The summed E-state index contributed by atoms with van der Waals surface area (Å²) < 4.78 is 17.3. The molecular formula is C16H27NO5Si. The van der Waals surface area contributed by atoms with E-state index in [-0.39, 0.29) is 17.2 Å². The van der Waals surface area contributed by atoms with E-state index in [1.165, 1.54) is 6.07 Å². The molecule has 2 N–H and O–H groups in total. The van der Waals surface area contributed by atoms with Crippen LogP contribution in [0.15, 0.2) is 24.3 Å². The first kappa shape index (κ1) is 19.6. The maximum atomic E-state index is 12.0. The van der Waals surface area contributed by atoms with E-state index in [1.807, 2.05) is 20.8 Å². The zero-order valence-corrected chi connectivity index (χ0v) is 15.1. The van der Waals surface area contributed by atoms with Gasteiger partial charge in [0.15, 0.2) is 0 Å². The minimum absolute atomic E-state index is 0.0216. The summed E-state index contributed by atoms with van der Waals surface area (Å²) in [5.74, 6) is -0.314. The number of hydrogen-bond donors (Lipinski definition) is 2. The number of benzene rings is 1. The molecular weight excluding hydrogens is 314 g/mol. The zero-order chi connectivity index (χ0) is 17.1. The SMILES string of the molecule is CCO[Si](CCCNC(=O)c1ccccc1O)(OCC)OCC. The van der Waals surface area contributed by atoms with Gasteiger partial charge in [-0.25, -0.2) is 0 Å². The summed E-state index contributed by atoms with van der Waals surface area (Å²) >= 11 is 0. The van der Waals surface area contributed by atoms with Crippen LogP contribution in [-0.2, 0) is 13.3 Å². The highest BCUT2D eigenvalue weighted by atomic mass is 28.4. The Morgan fingerprint density at radius 1 is 1.09 bits per heavy atom. The van der Waals surface area contributed by atoms with E-state index in [0.29, 0.717) is 38.8 Å². The second-order valence-corrected chi connectivity index (χ2v) is 7.59. The normalized spacial score (nSPS) is 11.4. The molecule has 130 valence electrons. The van der Waals surface area contributed by atoms with E-state index < -0.39 is 8.80 Å². The van der Waals surface area contributed by atoms with Crippen molar-refractivity contribution in [3.05, 3.63) is 29.8 Å². The van der Waals surface area contributed by atoms with Gasteiger partial charge in [0.05, 0.1) is 5.56 Å². The smallest absolute Gasteiger partial charge is 0.500 e. The Balaban J connectivity index is 2.50. The molecule has 0 aliphatic carbocycles. The van der Waals surface area contributed by atoms with Crippen LogP contribution in [-0.4, -0.2) is 46.2 Å². The third kappa shape index (κ3) is 6.30. The standard InChI is InChI=1S/C16H27NO5Si/c1-4-20-23(21-5-2,22-6-3)13-9-12-17-16(19)14-10-7-8-11-15(14)18/h7-8,10-11,18H,4-6,9,12-13H2,1-3H3,(H,17,19). The molecule has 1 aromatic carbocycles. The van der Waals surface area contributed by atoms with Gasteiger partial charge in [-0.05, 0) is 39.3 Å². The highest BCUT2D eigenvalue weighted by Gasteiger charge is 2.39. The number of aromatic hydroxyl groups is 1. The van der Waals surface area contributed by atoms with Crippen molar-refractivity contribution in [3.63, 3.8) is 0 Å². The second-order valence-electron chi connectivity index (χ2n) is 4.86. The highest BCUT2D eigenvalue weighted by Crippen LogP contribution is 2.18. The van der Waals surface area contributed by atoms with E-state index in [1.54, 1.807) is 18.2 Å². The first-order valence-electron chi connectivity index (χ1n) is 8.06. The Morgan fingerprint density at radius 2 is 1.65 bits per heavy atom. The fourth-order valence-corrected chi connectivity index (χ4v) is 4.88. The number of carbonyl (C=O) groups is 1. The summed E-state index contributed by atoms with van der Waals surface area (Å²) in [4.78, 5) is 12.0. The largest absolute Gasteiger partial charge is 0.507 e. The molecule has 6 nitrogen and oxygen atoms in total. The summed E-state index contributed by atoms with van der Waals surface area (Å²) in [5.41, 5.74) is 0.274. The van der Waals surface area contributed by atoms with Crippen LogP contribution >= 0.6 is 0 Å². The van der Waals surface area contributed by atoms with Crippen LogP contribution in [0.25, 0.3) is 0 Å². The van der Waals surface area contributed by atoms with Crippen molar-refractivity contribution in [3.8, 4) is 5.75 Å². The first-order chi connectivity index (χ1) is 11.1. The van der Waals surface area contributed by atoms with Gasteiger partial charge in [-0.15, -0.1) is 0 Å². The molecule has 0 saturated heterocycles. The van der Waals surface area contributed by atoms with Crippen molar-refractivity contribution >= 4 is 14.7 Å². The molecule has 0 saturated carbocycles. The number of hydrogen-bond acceptors (Lipinski definition) is 5. The van der Waals surface area contributed by atoms with Crippen molar-refractivity contribution in [2.24, 2.45) is 0 Å². The number of para-hydroxylation sites is 1. The summed E-state index contributed by atoms with van der Waals surface area (Å²) in [7, 11) is -2.66. The maximum absolute atomic E-state index is 12.0. The van der Waals surface area contributed by atoms with Crippen LogP contribution in [0.5, 0.6) is 5.75 Å². The summed E-state index contributed by atoms with van der Waals surface area (Å²) in [6.07, 6.45) is 0.686. The Labute approximate surface area is 139 Å². The maximum Gasteiger partial charge on any atom is 0.500 e. The molecule has 1 amide bonds. The van der Waals surface area contributed by atoms with Crippen LogP contribution in [0.1, 0.15) is 37.6 Å². The highest BCUT2D eigenvalue weighted by molar-refractivity contribution is 6.60. The first-order valence-corrected chi connectivity index (χ1v) is 9.99.